The highest BCUT2D eigenvalue weighted by atomic mass is 32.2. The van der Waals surface area contributed by atoms with Crippen molar-refractivity contribution in [1.29, 1.82) is 0 Å². The van der Waals surface area contributed by atoms with Crippen LogP contribution in [0.2, 0.25) is 0 Å². The number of ether oxygens (including phenoxy) is 1. The van der Waals surface area contributed by atoms with Crippen molar-refractivity contribution in [3.63, 3.8) is 0 Å². The van der Waals surface area contributed by atoms with Crippen molar-refractivity contribution < 1.29 is 22.4 Å². The van der Waals surface area contributed by atoms with Gasteiger partial charge in [0.05, 0.1) is 17.6 Å². The SMILES string of the molecule is COc1ccccc1-c1nnc(NC(=O)c2ccc(S(=O)(=O)N3CC4(C)CC3CC(C)(C)C4)cc2)o1. The van der Waals surface area contributed by atoms with E-state index in [1.165, 1.54) is 24.3 Å². The Bertz CT molecular complexity index is 1400. The van der Waals surface area contributed by atoms with Crippen LogP contribution in [0.5, 0.6) is 5.75 Å². The number of carbonyl (C=O) groups excluding carboxylic acids is 1. The number of nitrogens with one attached hydrogen (secondary N) is 1. The molecule has 36 heavy (non-hydrogen) atoms. The number of carbonyl (C=O) groups is 1. The molecule has 1 aliphatic carbocycles. The molecule has 0 spiro atoms. The van der Waals surface area contributed by atoms with Crippen LogP contribution in [-0.2, 0) is 10.0 Å². The van der Waals surface area contributed by atoms with E-state index < -0.39 is 15.9 Å². The Labute approximate surface area is 210 Å². The lowest BCUT2D eigenvalue weighted by Crippen LogP contribution is -2.37. The van der Waals surface area contributed by atoms with Gasteiger partial charge in [0.25, 0.3) is 11.8 Å². The average molecular weight is 511 g/mol. The first-order valence-corrected chi connectivity index (χ1v) is 13.3. The number of methoxy groups -OCH3 is 1. The van der Waals surface area contributed by atoms with E-state index in [2.05, 4.69) is 36.3 Å². The molecule has 2 aromatic carbocycles. The number of amides is 1. The molecule has 0 radical (unpaired) electrons. The minimum absolute atomic E-state index is 0.00156. The fraction of sp³-hybridized carbons (Fsp3) is 0.423. The van der Waals surface area contributed by atoms with Crippen molar-refractivity contribution >= 4 is 21.9 Å². The van der Waals surface area contributed by atoms with Crippen molar-refractivity contribution in [2.45, 2.75) is 51.0 Å². The molecule has 1 aliphatic heterocycles. The Morgan fingerprint density at radius 2 is 1.81 bits per heavy atom. The van der Waals surface area contributed by atoms with Crippen LogP contribution in [-0.4, -0.2) is 48.5 Å². The highest BCUT2D eigenvalue weighted by Crippen LogP contribution is 2.53. The van der Waals surface area contributed by atoms with Gasteiger partial charge >= 0.3 is 6.01 Å². The van der Waals surface area contributed by atoms with Crippen LogP contribution in [0.25, 0.3) is 11.5 Å². The summed E-state index contributed by atoms with van der Waals surface area (Å²) in [6, 6.07) is 13.0. The number of hydrogen-bond donors (Lipinski definition) is 1. The van der Waals surface area contributed by atoms with Crippen LogP contribution < -0.4 is 10.1 Å². The van der Waals surface area contributed by atoms with Crippen molar-refractivity contribution in [3.05, 3.63) is 54.1 Å². The monoisotopic (exact) mass is 510 g/mol. The van der Waals surface area contributed by atoms with E-state index in [0.717, 1.165) is 19.3 Å². The Morgan fingerprint density at radius 3 is 2.53 bits per heavy atom. The van der Waals surface area contributed by atoms with Crippen LogP contribution in [0.1, 0.15) is 50.4 Å². The summed E-state index contributed by atoms with van der Waals surface area (Å²) in [6.45, 7) is 7.13. The third-order valence-electron chi connectivity index (χ3n) is 7.07. The van der Waals surface area contributed by atoms with Gasteiger partial charge in [-0.05, 0) is 66.5 Å². The van der Waals surface area contributed by atoms with Crippen molar-refractivity contribution in [1.82, 2.24) is 14.5 Å². The minimum atomic E-state index is -3.67. The summed E-state index contributed by atoms with van der Waals surface area (Å²) in [5, 5.41) is 10.4. The summed E-state index contributed by atoms with van der Waals surface area (Å²) in [7, 11) is -2.13. The zero-order chi connectivity index (χ0) is 25.7. The lowest BCUT2D eigenvalue weighted by molar-refractivity contribution is 0.102. The molecule has 5 rings (SSSR count). The van der Waals surface area contributed by atoms with Crippen molar-refractivity contribution in [2.24, 2.45) is 10.8 Å². The van der Waals surface area contributed by atoms with Gasteiger partial charge < -0.3 is 9.15 Å². The maximum absolute atomic E-state index is 13.5. The first-order chi connectivity index (χ1) is 17.0. The Balaban J connectivity index is 1.30. The summed E-state index contributed by atoms with van der Waals surface area (Å²) in [4.78, 5) is 12.9. The number of benzene rings is 2. The second-order valence-corrected chi connectivity index (χ2v) is 12.7. The first-order valence-electron chi connectivity index (χ1n) is 11.9. The normalized spacial score (nSPS) is 23.4. The average Bonchev–Trinajstić information content (AvgIpc) is 3.39. The molecular weight excluding hydrogens is 480 g/mol. The molecule has 190 valence electrons. The molecule has 2 atom stereocenters. The molecule has 1 N–H and O–H groups in total. The standard InChI is InChI=1S/C26H30N4O5S/c1-25(2)13-18-14-26(3,15-25)16-30(18)36(32,33)19-11-9-17(10-12-19)22(31)27-24-29-28-23(35-24)20-7-5-6-8-21(20)34-4/h5-12,18H,13-16H2,1-4H3,(H,27,29,31). The van der Waals surface area contributed by atoms with E-state index in [1.54, 1.807) is 23.5 Å². The van der Waals surface area contributed by atoms with Gasteiger partial charge in [-0.2, -0.15) is 4.31 Å². The van der Waals surface area contributed by atoms with Crippen LogP contribution in [0.15, 0.2) is 57.8 Å². The second-order valence-electron chi connectivity index (χ2n) is 10.9. The number of anilines is 1. The maximum Gasteiger partial charge on any atom is 0.322 e. The van der Waals surface area contributed by atoms with E-state index in [1.807, 2.05) is 12.1 Å². The van der Waals surface area contributed by atoms with E-state index in [9.17, 15) is 13.2 Å². The van der Waals surface area contributed by atoms with Gasteiger partial charge in [0, 0.05) is 18.2 Å². The molecule has 1 saturated heterocycles. The summed E-state index contributed by atoms with van der Waals surface area (Å²) >= 11 is 0. The van der Waals surface area contributed by atoms with Gasteiger partial charge in [-0.15, -0.1) is 5.10 Å². The zero-order valence-corrected chi connectivity index (χ0v) is 21.6. The van der Waals surface area contributed by atoms with E-state index in [-0.39, 0.29) is 39.2 Å². The predicted octanol–water partition coefficient (Wildman–Crippen LogP) is 4.59. The van der Waals surface area contributed by atoms with Crippen LogP contribution in [0.4, 0.5) is 6.01 Å². The number of para-hydroxylation sites is 1. The van der Waals surface area contributed by atoms with Crippen molar-refractivity contribution in [3.8, 4) is 17.2 Å². The van der Waals surface area contributed by atoms with Gasteiger partial charge in [0.1, 0.15) is 5.75 Å². The largest absolute Gasteiger partial charge is 0.496 e. The topological polar surface area (TPSA) is 115 Å². The van der Waals surface area contributed by atoms with Gasteiger partial charge in [0.15, 0.2) is 0 Å². The summed E-state index contributed by atoms with van der Waals surface area (Å²) < 4.78 is 39.5. The summed E-state index contributed by atoms with van der Waals surface area (Å²) in [5.74, 6) is 0.285. The summed E-state index contributed by atoms with van der Waals surface area (Å²) in [6.07, 6.45) is 2.75. The number of fused-ring (bicyclic) bond motifs is 2. The molecule has 1 aromatic heterocycles. The molecule has 10 heteroatoms. The number of aromatic nitrogens is 2. The van der Waals surface area contributed by atoms with Crippen LogP contribution in [0, 0.1) is 10.8 Å². The van der Waals surface area contributed by atoms with Crippen LogP contribution >= 0.6 is 0 Å². The molecule has 1 saturated carbocycles. The smallest absolute Gasteiger partial charge is 0.322 e. The molecule has 2 fully saturated rings. The van der Waals surface area contributed by atoms with Gasteiger partial charge in [-0.25, -0.2) is 8.42 Å². The maximum atomic E-state index is 13.5. The van der Waals surface area contributed by atoms with E-state index in [4.69, 9.17) is 9.15 Å². The van der Waals surface area contributed by atoms with Crippen molar-refractivity contribution in [2.75, 3.05) is 19.0 Å². The molecule has 1 amide bonds. The highest BCUT2D eigenvalue weighted by Gasteiger charge is 2.53. The highest BCUT2D eigenvalue weighted by molar-refractivity contribution is 7.89. The zero-order valence-electron chi connectivity index (χ0n) is 20.8. The molecule has 3 aromatic rings. The number of nitrogens with zero attached hydrogens (tertiary/aromatic N) is 3. The van der Waals surface area contributed by atoms with Gasteiger partial charge in [-0.1, -0.05) is 38.0 Å². The molecule has 9 nitrogen and oxygen atoms in total. The third-order valence-corrected chi connectivity index (χ3v) is 8.99. The quantitative estimate of drug-likeness (QED) is 0.516. The fourth-order valence-corrected chi connectivity index (χ4v) is 7.75. The van der Waals surface area contributed by atoms with E-state index in [0.29, 0.717) is 17.9 Å². The number of sulfonamides is 1. The Morgan fingerprint density at radius 1 is 1.08 bits per heavy atom. The predicted molar refractivity (Wildman–Crippen MR) is 134 cm³/mol. The molecule has 2 unspecified atom stereocenters. The second kappa shape index (κ2) is 8.70. The van der Waals surface area contributed by atoms with Crippen LogP contribution in [0.3, 0.4) is 0 Å². The van der Waals surface area contributed by atoms with E-state index >= 15 is 0 Å². The molecule has 2 aliphatic rings. The molecule has 2 heterocycles. The third kappa shape index (κ3) is 4.51. The fourth-order valence-electron chi connectivity index (χ4n) is 5.98. The minimum Gasteiger partial charge on any atom is -0.496 e. The first kappa shape index (κ1) is 24.5. The Hall–Kier alpha value is -3.24. The van der Waals surface area contributed by atoms with Gasteiger partial charge in [0.2, 0.25) is 10.0 Å². The lowest BCUT2D eigenvalue weighted by atomic mass is 9.65. The molecular formula is C26H30N4O5S. The summed E-state index contributed by atoms with van der Waals surface area (Å²) in [5.41, 5.74) is 0.987. The van der Waals surface area contributed by atoms with Gasteiger partial charge in [-0.3, -0.25) is 10.1 Å². The number of hydrogen-bond acceptors (Lipinski definition) is 7. The molecule has 2 bridgehead atoms. The lowest BCUT2D eigenvalue weighted by Gasteiger charge is -2.39. The Kier molecular flexibility index (Phi) is 5.91. The number of rotatable bonds is 6.